The van der Waals surface area contributed by atoms with Gasteiger partial charge in [0, 0.05) is 12.5 Å². The normalized spacial score (nSPS) is 19.2. The number of nitrogens with one attached hydrogen (secondary N) is 1. The highest BCUT2D eigenvalue weighted by Gasteiger charge is 2.32. The molecule has 0 saturated carbocycles. The molecule has 2 aromatic rings. The fraction of sp³-hybridized carbons (Fsp3) is 0.188. The van der Waals surface area contributed by atoms with Gasteiger partial charge >= 0.3 is 0 Å². The highest BCUT2D eigenvalue weighted by molar-refractivity contribution is 5.95. The molecule has 1 amide bonds. The fourth-order valence-electron chi connectivity index (χ4n) is 2.77. The van der Waals surface area contributed by atoms with Crippen LogP contribution in [0.2, 0.25) is 0 Å². The maximum Gasteiger partial charge on any atom is 0.272 e. The van der Waals surface area contributed by atoms with E-state index in [-0.39, 0.29) is 5.56 Å². The molecule has 118 valence electrons. The number of fused-ring (bicyclic) bond motifs is 1. The van der Waals surface area contributed by atoms with Gasteiger partial charge in [-0.25, -0.2) is 4.39 Å². The Hall–Kier alpha value is -2.80. The summed E-state index contributed by atoms with van der Waals surface area (Å²) in [5.41, 5.74) is 0.989. The van der Waals surface area contributed by atoms with Crippen molar-refractivity contribution in [2.45, 2.75) is 18.6 Å². The quantitative estimate of drug-likeness (QED) is 0.670. The largest absolute Gasteiger partial charge is 0.390 e. The molecule has 7 heteroatoms. The standard InChI is InChI=1S/C16H13FN2O4/c17-13-8-10(19(22)23)5-6-12(13)16(21)18-15-11-4-2-1-3-9(11)7-14(15)20/h1-6,8,14-15,20H,7H2,(H,18,21). The molecule has 2 unspecified atom stereocenters. The first-order valence-electron chi connectivity index (χ1n) is 6.98. The van der Waals surface area contributed by atoms with Gasteiger partial charge in [0.05, 0.1) is 28.7 Å². The number of non-ortho nitro benzene ring substituents is 1. The third-order valence-corrected chi connectivity index (χ3v) is 3.90. The van der Waals surface area contributed by atoms with E-state index < -0.39 is 34.5 Å². The number of benzene rings is 2. The van der Waals surface area contributed by atoms with Crippen LogP contribution >= 0.6 is 0 Å². The first-order chi connectivity index (χ1) is 11.0. The van der Waals surface area contributed by atoms with Gasteiger partial charge in [-0.15, -0.1) is 0 Å². The van der Waals surface area contributed by atoms with E-state index >= 15 is 0 Å². The molecule has 3 rings (SSSR count). The molecule has 0 fully saturated rings. The third kappa shape index (κ3) is 2.78. The van der Waals surface area contributed by atoms with Gasteiger partial charge in [0.1, 0.15) is 5.82 Å². The smallest absolute Gasteiger partial charge is 0.272 e. The first kappa shape index (κ1) is 15.1. The molecule has 0 spiro atoms. The minimum Gasteiger partial charge on any atom is -0.390 e. The maximum atomic E-state index is 13.9. The Balaban J connectivity index is 1.84. The summed E-state index contributed by atoms with van der Waals surface area (Å²) in [6.07, 6.45) is -0.387. The lowest BCUT2D eigenvalue weighted by Crippen LogP contribution is -2.34. The second kappa shape index (κ2) is 5.77. The molecule has 1 aliphatic rings. The average molecular weight is 316 g/mol. The van der Waals surface area contributed by atoms with Gasteiger partial charge in [0.25, 0.3) is 11.6 Å². The second-order valence-electron chi connectivity index (χ2n) is 5.34. The van der Waals surface area contributed by atoms with E-state index in [9.17, 15) is 24.4 Å². The zero-order chi connectivity index (χ0) is 16.6. The van der Waals surface area contributed by atoms with E-state index in [2.05, 4.69) is 5.32 Å². The van der Waals surface area contributed by atoms with Crippen LogP contribution in [0.5, 0.6) is 0 Å². The monoisotopic (exact) mass is 316 g/mol. The Morgan fingerprint density at radius 2 is 2.04 bits per heavy atom. The predicted octanol–water partition coefficient (Wildman–Crippen LogP) is 2.12. The number of nitrogens with zero attached hydrogens (tertiary/aromatic N) is 1. The Bertz CT molecular complexity index is 793. The molecule has 2 aromatic carbocycles. The van der Waals surface area contributed by atoms with Crippen LogP contribution in [-0.4, -0.2) is 22.0 Å². The van der Waals surface area contributed by atoms with Crippen molar-refractivity contribution in [2.75, 3.05) is 0 Å². The summed E-state index contributed by atoms with van der Waals surface area (Å²) in [5, 5.41) is 23.3. The number of aliphatic hydroxyl groups is 1. The Kier molecular flexibility index (Phi) is 3.79. The molecule has 0 bridgehead atoms. The molecule has 6 nitrogen and oxygen atoms in total. The number of carbonyl (C=O) groups excluding carboxylic acids is 1. The van der Waals surface area contributed by atoms with Crippen LogP contribution in [0, 0.1) is 15.9 Å². The molecule has 0 aliphatic heterocycles. The number of hydrogen-bond donors (Lipinski definition) is 2. The molecule has 23 heavy (non-hydrogen) atoms. The number of carbonyl (C=O) groups is 1. The van der Waals surface area contributed by atoms with Crippen molar-refractivity contribution in [3.05, 3.63) is 75.1 Å². The summed E-state index contributed by atoms with van der Waals surface area (Å²) in [4.78, 5) is 22.1. The van der Waals surface area contributed by atoms with Crippen molar-refractivity contribution in [2.24, 2.45) is 0 Å². The van der Waals surface area contributed by atoms with Gasteiger partial charge in [-0.1, -0.05) is 24.3 Å². The van der Waals surface area contributed by atoms with Crippen molar-refractivity contribution >= 4 is 11.6 Å². The van der Waals surface area contributed by atoms with Gasteiger partial charge < -0.3 is 10.4 Å². The summed E-state index contributed by atoms with van der Waals surface area (Å²) < 4.78 is 13.9. The number of amides is 1. The summed E-state index contributed by atoms with van der Waals surface area (Å²) >= 11 is 0. The van der Waals surface area contributed by atoms with Crippen molar-refractivity contribution in [3.8, 4) is 0 Å². The minimum absolute atomic E-state index is 0.299. The van der Waals surface area contributed by atoms with Gasteiger partial charge in [-0.3, -0.25) is 14.9 Å². The lowest BCUT2D eigenvalue weighted by molar-refractivity contribution is -0.385. The van der Waals surface area contributed by atoms with E-state index in [0.717, 1.165) is 23.3 Å². The first-order valence-corrected chi connectivity index (χ1v) is 6.98. The molecule has 0 radical (unpaired) electrons. The van der Waals surface area contributed by atoms with Crippen molar-refractivity contribution < 1.29 is 19.2 Å². The Morgan fingerprint density at radius 3 is 2.74 bits per heavy atom. The molecule has 1 aliphatic carbocycles. The molecule has 0 aromatic heterocycles. The van der Waals surface area contributed by atoms with Gasteiger partial charge in [0.15, 0.2) is 0 Å². The Morgan fingerprint density at radius 1 is 1.30 bits per heavy atom. The van der Waals surface area contributed by atoms with Crippen molar-refractivity contribution in [1.29, 1.82) is 0 Å². The maximum absolute atomic E-state index is 13.9. The van der Waals surface area contributed by atoms with Crippen LogP contribution in [0.1, 0.15) is 27.5 Å². The number of rotatable bonds is 3. The minimum atomic E-state index is -0.975. The lowest BCUT2D eigenvalue weighted by Gasteiger charge is -2.18. The molecular weight excluding hydrogens is 303 g/mol. The summed E-state index contributed by atoms with van der Waals surface area (Å²) in [6, 6.07) is 9.49. The van der Waals surface area contributed by atoms with E-state index in [0.29, 0.717) is 12.5 Å². The highest BCUT2D eigenvalue weighted by Crippen LogP contribution is 2.31. The van der Waals surface area contributed by atoms with Crippen LogP contribution < -0.4 is 5.32 Å². The lowest BCUT2D eigenvalue weighted by atomic mass is 10.1. The average Bonchev–Trinajstić information content (AvgIpc) is 2.83. The van der Waals surface area contributed by atoms with Crippen molar-refractivity contribution in [1.82, 2.24) is 5.32 Å². The zero-order valence-corrected chi connectivity index (χ0v) is 11.9. The van der Waals surface area contributed by atoms with Crippen LogP contribution in [0.4, 0.5) is 10.1 Å². The number of halogens is 1. The number of nitro groups is 1. The SMILES string of the molecule is O=C(NC1c2ccccc2CC1O)c1ccc([N+](=O)[O-])cc1F. The van der Waals surface area contributed by atoms with Crippen LogP contribution in [-0.2, 0) is 6.42 Å². The summed E-state index contributed by atoms with van der Waals surface area (Å²) in [7, 11) is 0. The third-order valence-electron chi connectivity index (χ3n) is 3.90. The van der Waals surface area contributed by atoms with Crippen LogP contribution in [0.3, 0.4) is 0 Å². The molecule has 0 heterocycles. The highest BCUT2D eigenvalue weighted by atomic mass is 19.1. The molecular formula is C16H13FN2O4. The topological polar surface area (TPSA) is 92.5 Å². The molecule has 0 saturated heterocycles. The zero-order valence-electron chi connectivity index (χ0n) is 11.9. The number of aliphatic hydroxyl groups excluding tert-OH is 1. The van der Waals surface area contributed by atoms with Crippen molar-refractivity contribution in [3.63, 3.8) is 0 Å². The summed E-state index contributed by atoms with van der Waals surface area (Å²) in [5.74, 6) is -1.70. The van der Waals surface area contributed by atoms with Gasteiger partial charge in [0.2, 0.25) is 0 Å². The van der Waals surface area contributed by atoms with Crippen LogP contribution in [0.25, 0.3) is 0 Å². The van der Waals surface area contributed by atoms with Gasteiger partial charge in [-0.2, -0.15) is 0 Å². The summed E-state index contributed by atoms with van der Waals surface area (Å²) in [6.45, 7) is 0. The van der Waals surface area contributed by atoms with E-state index in [1.165, 1.54) is 0 Å². The number of hydrogen-bond acceptors (Lipinski definition) is 4. The van der Waals surface area contributed by atoms with E-state index in [4.69, 9.17) is 0 Å². The van der Waals surface area contributed by atoms with Crippen LogP contribution in [0.15, 0.2) is 42.5 Å². The fourth-order valence-corrected chi connectivity index (χ4v) is 2.77. The number of nitro benzene ring substituents is 1. The molecule has 2 atom stereocenters. The van der Waals surface area contributed by atoms with E-state index in [1.54, 1.807) is 12.1 Å². The van der Waals surface area contributed by atoms with E-state index in [1.807, 2.05) is 12.1 Å². The van der Waals surface area contributed by atoms with Gasteiger partial charge in [-0.05, 0) is 17.2 Å². The molecule has 2 N–H and O–H groups in total. The Labute approximate surface area is 130 Å². The predicted molar refractivity (Wildman–Crippen MR) is 79.4 cm³/mol. The second-order valence-corrected chi connectivity index (χ2v) is 5.34.